The van der Waals surface area contributed by atoms with Crippen LogP contribution in [0.25, 0.3) is 0 Å². The van der Waals surface area contributed by atoms with Crippen LogP contribution in [0, 0.1) is 45.4 Å². The average molecular weight is 729 g/mol. The van der Waals surface area contributed by atoms with E-state index in [0.29, 0.717) is 11.4 Å². The van der Waals surface area contributed by atoms with Gasteiger partial charge in [0.15, 0.2) is 0 Å². The molecule has 0 aliphatic heterocycles. The van der Waals surface area contributed by atoms with Crippen molar-refractivity contribution in [2.45, 2.75) is 149 Å². The molecule has 0 aromatic heterocycles. The highest BCUT2D eigenvalue weighted by Crippen LogP contribution is 2.52. The third-order valence-electron chi connectivity index (χ3n) is 13.1. The zero-order valence-corrected chi connectivity index (χ0v) is 34.2. The van der Waals surface area contributed by atoms with Crippen LogP contribution < -0.4 is 20.9 Å². The molecule has 290 valence electrons. The van der Waals surface area contributed by atoms with E-state index < -0.39 is 0 Å². The lowest BCUT2D eigenvalue weighted by molar-refractivity contribution is 0.140. The van der Waals surface area contributed by atoms with Crippen LogP contribution in [0.2, 0.25) is 0 Å². The minimum absolute atomic E-state index is 0.0688. The fourth-order valence-corrected chi connectivity index (χ4v) is 10.0. The quantitative estimate of drug-likeness (QED) is 0.0890. The van der Waals surface area contributed by atoms with Crippen LogP contribution in [0.15, 0.2) is 72.8 Å². The van der Waals surface area contributed by atoms with Gasteiger partial charge in [0.2, 0.25) is 0 Å². The van der Waals surface area contributed by atoms with Gasteiger partial charge in [-0.15, -0.1) is 0 Å². The molecule has 2 aliphatic rings. The molecule has 6 rings (SSSR count). The van der Waals surface area contributed by atoms with E-state index in [2.05, 4.69) is 58.9 Å². The second-order valence-corrected chi connectivity index (χ2v) is 17.2. The summed E-state index contributed by atoms with van der Waals surface area (Å²) < 4.78 is 12.9. The molecular weight excluding hydrogens is 661 g/mol. The normalized spacial score (nSPS) is 18.8. The van der Waals surface area contributed by atoms with E-state index in [1.165, 1.54) is 143 Å². The molecule has 4 aromatic rings. The molecule has 2 fully saturated rings. The minimum Gasteiger partial charge on any atom is -0.457 e. The number of nitrogens with two attached hydrogens (primary N) is 2. The van der Waals surface area contributed by atoms with Crippen molar-refractivity contribution in [1.29, 1.82) is 0 Å². The molecule has 4 heteroatoms. The SMILES string of the molecule is CCCCCCCCCC[C@H]1CC[C@@H](C2CCC(c3cc(C)c(Oc4cccc(N)c4)c(C)c3)(c3cc(C)c(Oc4cccc(N)c4)c(C)c3)CC2)CC1. The Morgan fingerprint density at radius 2 is 0.963 bits per heavy atom. The summed E-state index contributed by atoms with van der Waals surface area (Å²) in [5, 5.41) is 0. The molecule has 54 heavy (non-hydrogen) atoms. The molecule has 0 heterocycles. The van der Waals surface area contributed by atoms with E-state index in [9.17, 15) is 0 Å². The first-order valence-electron chi connectivity index (χ1n) is 21.5. The predicted octanol–water partition coefficient (Wildman–Crippen LogP) is 14.5. The Balaban J connectivity index is 1.18. The summed E-state index contributed by atoms with van der Waals surface area (Å²) in [4.78, 5) is 0. The second kappa shape index (κ2) is 18.6. The molecule has 2 aliphatic carbocycles. The van der Waals surface area contributed by atoms with E-state index in [1.54, 1.807) is 0 Å². The largest absolute Gasteiger partial charge is 0.457 e. The third kappa shape index (κ3) is 9.84. The van der Waals surface area contributed by atoms with Crippen LogP contribution in [0.5, 0.6) is 23.0 Å². The molecule has 0 saturated heterocycles. The summed E-state index contributed by atoms with van der Waals surface area (Å²) in [6.07, 6.45) is 23.5. The molecule has 4 nitrogen and oxygen atoms in total. The van der Waals surface area contributed by atoms with Gasteiger partial charge in [-0.2, -0.15) is 0 Å². The first-order chi connectivity index (χ1) is 26.1. The molecule has 0 atom stereocenters. The van der Waals surface area contributed by atoms with E-state index >= 15 is 0 Å². The van der Waals surface area contributed by atoms with Crippen LogP contribution in [0.1, 0.15) is 149 Å². The molecule has 4 aromatic carbocycles. The fraction of sp³-hybridized carbons (Fsp3) is 0.520. The lowest BCUT2D eigenvalue weighted by atomic mass is 9.59. The molecule has 4 N–H and O–H groups in total. The monoisotopic (exact) mass is 729 g/mol. The Hall–Kier alpha value is -3.92. The van der Waals surface area contributed by atoms with Gasteiger partial charge in [-0.1, -0.05) is 114 Å². The molecule has 0 spiro atoms. The number of unbranched alkanes of at least 4 members (excludes halogenated alkanes) is 7. The van der Waals surface area contributed by atoms with Crippen molar-refractivity contribution in [2.75, 3.05) is 11.5 Å². The van der Waals surface area contributed by atoms with E-state index in [0.717, 1.165) is 40.8 Å². The zero-order chi connectivity index (χ0) is 38.1. The Labute approximate surface area is 327 Å². The van der Waals surface area contributed by atoms with Crippen molar-refractivity contribution in [3.63, 3.8) is 0 Å². The van der Waals surface area contributed by atoms with Gasteiger partial charge in [0.1, 0.15) is 23.0 Å². The fourth-order valence-electron chi connectivity index (χ4n) is 10.0. The second-order valence-electron chi connectivity index (χ2n) is 17.2. The zero-order valence-electron chi connectivity index (χ0n) is 34.2. The number of ether oxygens (including phenoxy) is 2. The summed E-state index contributed by atoms with van der Waals surface area (Å²) in [7, 11) is 0. The average Bonchev–Trinajstić information content (AvgIpc) is 3.16. The molecule has 2 saturated carbocycles. The van der Waals surface area contributed by atoms with Crippen molar-refractivity contribution in [3.8, 4) is 23.0 Å². The summed E-state index contributed by atoms with van der Waals surface area (Å²) >= 11 is 0. The Kier molecular flexibility index (Phi) is 13.7. The molecule has 0 unspecified atom stereocenters. The van der Waals surface area contributed by atoms with Gasteiger partial charge < -0.3 is 20.9 Å². The number of nitrogen functional groups attached to an aromatic ring is 2. The first-order valence-corrected chi connectivity index (χ1v) is 21.5. The van der Waals surface area contributed by atoms with Gasteiger partial charge in [0.25, 0.3) is 0 Å². The Bertz CT molecular complexity index is 1660. The van der Waals surface area contributed by atoms with E-state index in [1.807, 2.05) is 48.5 Å². The number of rotatable bonds is 16. The number of benzene rings is 4. The maximum absolute atomic E-state index is 6.47. The van der Waals surface area contributed by atoms with Gasteiger partial charge in [0.05, 0.1) is 0 Å². The lowest BCUT2D eigenvalue weighted by Crippen LogP contribution is -2.36. The van der Waals surface area contributed by atoms with Crippen molar-refractivity contribution in [1.82, 2.24) is 0 Å². The van der Waals surface area contributed by atoms with Gasteiger partial charge in [-0.3, -0.25) is 0 Å². The third-order valence-corrected chi connectivity index (χ3v) is 13.1. The predicted molar refractivity (Wildman–Crippen MR) is 229 cm³/mol. The van der Waals surface area contributed by atoms with Crippen LogP contribution in [-0.4, -0.2) is 0 Å². The Morgan fingerprint density at radius 1 is 0.537 bits per heavy atom. The Morgan fingerprint density at radius 3 is 1.41 bits per heavy atom. The maximum atomic E-state index is 6.47. The standard InChI is InChI=1S/C50H68N2O2/c1-6-7-8-9-10-11-12-13-16-39-21-23-40(24-22-39)41-25-27-50(28-26-41,42-29-35(2)48(36(3)30-42)53-46-19-14-17-44(51)33-46)43-31-37(4)49(38(5)32-43)54-47-20-15-18-45(52)34-47/h14-15,17-20,29-34,39-41H,6-13,16,21-28,51-52H2,1-5H3/t39-,40+. The topological polar surface area (TPSA) is 70.5 Å². The van der Waals surface area contributed by atoms with Crippen LogP contribution in [0.3, 0.4) is 0 Å². The lowest BCUT2D eigenvalue weighted by Gasteiger charge is -2.45. The summed E-state index contributed by atoms with van der Waals surface area (Å²) in [6.45, 7) is 11.1. The molecule has 0 amide bonds. The van der Waals surface area contributed by atoms with Crippen LogP contribution in [-0.2, 0) is 5.41 Å². The highest BCUT2D eigenvalue weighted by molar-refractivity contribution is 5.55. The van der Waals surface area contributed by atoms with Crippen LogP contribution in [0.4, 0.5) is 11.4 Å². The van der Waals surface area contributed by atoms with E-state index in [4.69, 9.17) is 20.9 Å². The minimum atomic E-state index is -0.0688. The summed E-state index contributed by atoms with van der Waals surface area (Å²) in [6, 6.07) is 25.1. The highest BCUT2D eigenvalue weighted by Gasteiger charge is 2.42. The molecule has 0 radical (unpaired) electrons. The summed E-state index contributed by atoms with van der Waals surface area (Å²) in [5.41, 5.74) is 21.0. The number of anilines is 2. The molecular formula is C50H68N2O2. The number of hydrogen-bond donors (Lipinski definition) is 2. The van der Waals surface area contributed by atoms with Gasteiger partial charge >= 0.3 is 0 Å². The van der Waals surface area contributed by atoms with Crippen LogP contribution >= 0.6 is 0 Å². The number of aryl methyl sites for hydroxylation is 4. The van der Waals surface area contributed by atoms with Gasteiger partial charge in [-0.05, 0) is 142 Å². The smallest absolute Gasteiger partial charge is 0.133 e. The first kappa shape index (κ1) is 39.8. The van der Waals surface area contributed by atoms with Crippen molar-refractivity contribution >= 4 is 11.4 Å². The van der Waals surface area contributed by atoms with Gasteiger partial charge in [0, 0.05) is 28.9 Å². The summed E-state index contributed by atoms with van der Waals surface area (Å²) in [5.74, 6) is 6.07. The maximum Gasteiger partial charge on any atom is 0.133 e. The van der Waals surface area contributed by atoms with Crippen molar-refractivity contribution < 1.29 is 9.47 Å². The van der Waals surface area contributed by atoms with E-state index in [-0.39, 0.29) is 5.41 Å². The van der Waals surface area contributed by atoms with Crippen molar-refractivity contribution in [3.05, 3.63) is 106 Å². The molecule has 0 bridgehead atoms. The van der Waals surface area contributed by atoms with Gasteiger partial charge in [-0.25, -0.2) is 0 Å². The van der Waals surface area contributed by atoms with Crippen molar-refractivity contribution in [2.24, 2.45) is 17.8 Å². The number of hydrogen-bond acceptors (Lipinski definition) is 4. The highest BCUT2D eigenvalue weighted by atomic mass is 16.5.